The number of hydrogen-bond donors (Lipinski definition) is 1. The Morgan fingerprint density at radius 1 is 1.28 bits per heavy atom. The number of rotatable bonds is 1. The number of fused-ring (bicyclic) bond motifs is 1. The van der Waals surface area contributed by atoms with E-state index in [2.05, 4.69) is 4.98 Å². The maximum absolute atomic E-state index is 13.1. The molecule has 0 saturated carbocycles. The molecule has 1 amide bonds. The Morgan fingerprint density at radius 3 is 2.60 bits per heavy atom. The van der Waals surface area contributed by atoms with Gasteiger partial charge in [-0.15, -0.1) is 0 Å². The number of halogens is 3. The molecule has 0 spiro atoms. The van der Waals surface area contributed by atoms with E-state index in [9.17, 15) is 23.1 Å². The maximum Gasteiger partial charge on any atom is 0.416 e. The minimum Gasteiger partial charge on any atom is -0.389 e. The average molecular weight is 357 g/mol. The molecule has 2 saturated heterocycles. The molecule has 138 valence electrons. The van der Waals surface area contributed by atoms with Crippen molar-refractivity contribution < 1.29 is 23.1 Å². The lowest BCUT2D eigenvalue weighted by Gasteiger charge is -2.50. The van der Waals surface area contributed by atoms with Gasteiger partial charge in [0.2, 0.25) is 5.91 Å². The lowest BCUT2D eigenvalue weighted by atomic mass is 9.75. The summed E-state index contributed by atoms with van der Waals surface area (Å²) >= 11 is 0. The number of pyridine rings is 1. The van der Waals surface area contributed by atoms with Gasteiger partial charge >= 0.3 is 6.18 Å². The molecule has 1 aromatic heterocycles. The molecule has 0 bridgehead atoms. The van der Waals surface area contributed by atoms with E-state index in [0.717, 1.165) is 12.1 Å². The zero-order valence-corrected chi connectivity index (χ0v) is 14.3. The third-order valence-corrected chi connectivity index (χ3v) is 5.31. The smallest absolute Gasteiger partial charge is 0.389 e. The number of carbonyl (C=O) groups is 1. The number of alkyl halides is 3. The summed E-state index contributed by atoms with van der Waals surface area (Å²) in [6.07, 6.45) is -3.46. The van der Waals surface area contributed by atoms with Crippen LogP contribution in [0.4, 0.5) is 19.0 Å². The molecule has 0 radical (unpaired) electrons. The molecule has 3 heterocycles. The number of piperidine rings is 2. The number of aryl methyl sites for hydroxylation is 1. The first kappa shape index (κ1) is 18.0. The first-order valence-electron chi connectivity index (χ1n) is 8.37. The number of aliphatic hydroxyl groups is 1. The Morgan fingerprint density at radius 2 is 1.96 bits per heavy atom. The van der Waals surface area contributed by atoms with Gasteiger partial charge in [0.15, 0.2) is 0 Å². The van der Waals surface area contributed by atoms with E-state index in [1.165, 1.54) is 13.8 Å². The van der Waals surface area contributed by atoms with Crippen molar-refractivity contribution in [2.75, 3.05) is 31.1 Å². The van der Waals surface area contributed by atoms with E-state index in [1.807, 2.05) is 0 Å². The summed E-state index contributed by atoms with van der Waals surface area (Å²) in [6.45, 7) is 4.79. The van der Waals surface area contributed by atoms with Crippen molar-refractivity contribution in [2.24, 2.45) is 5.92 Å². The molecular formula is C17H22F3N3O2. The fourth-order valence-corrected chi connectivity index (χ4v) is 3.77. The van der Waals surface area contributed by atoms with Gasteiger partial charge in [0.25, 0.3) is 0 Å². The molecule has 2 aliphatic heterocycles. The molecule has 0 aliphatic carbocycles. The lowest BCUT2D eigenvalue weighted by molar-refractivity contribution is -0.139. The van der Waals surface area contributed by atoms with Crippen molar-refractivity contribution in [1.29, 1.82) is 0 Å². The van der Waals surface area contributed by atoms with Crippen LogP contribution in [0.2, 0.25) is 0 Å². The number of carbonyl (C=O) groups excluding carboxylic acids is 1. The number of anilines is 1. The summed E-state index contributed by atoms with van der Waals surface area (Å²) in [7, 11) is 0. The molecule has 3 rings (SSSR count). The van der Waals surface area contributed by atoms with Gasteiger partial charge in [0.1, 0.15) is 5.82 Å². The molecular weight excluding hydrogens is 335 g/mol. The van der Waals surface area contributed by atoms with Crippen molar-refractivity contribution in [3.8, 4) is 0 Å². The largest absolute Gasteiger partial charge is 0.416 e. The van der Waals surface area contributed by atoms with Crippen LogP contribution >= 0.6 is 0 Å². The summed E-state index contributed by atoms with van der Waals surface area (Å²) in [5, 5.41) is 10.8. The number of hydrogen-bond acceptors (Lipinski definition) is 4. The van der Waals surface area contributed by atoms with E-state index in [4.69, 9.17) is 0 Å². The molecule has 1 N–H and O–H groups in total. The van der Waals surface area contributed by atoms with Crippen molar-refractivity contribution in [3.63, 3.8) is 0 Å². The molecule has 8 heteroatoms. The summed E-state index contributed by atoms with van der Waals surface area (Å²) in [5.41, 5.74) is -1.27. The lowest BCUT2D eigenvalue weighted by Crippen LogP contribution is -2.60. The standard InChI is InChI=1S/C17H22F3N3O2/c1-11-7-13(17(18,19)20)8-15(21-11)23-6-4-16(25)3-5-22(12(2)24)9-14(16)10-23/h7-8,14,25H,3-6,9-10H2,1-2H3/t14-,16-/m0/s1. The van der Waals surface area contributed by atoms with E-state index >= 15 is 0 Å². The van der Waals surface area contributed by atoms with Gasteiger partial charge in [0, 0.05) is 44.7 Å². The van der Waals surface area contributed by atoms with E-state index in [0.29, 0.717) is 44.7 Å². The van der Waals surface area contributed by atoms with Crippen LogP contribution in [0.25, 0.3) is 0 Å². The highest BCUT2D eigenvalue weighted by Gasteiger charge is 2.46. The SMILES string of the molecule is CC(=O)N1CC[C@]2(O)CCN(c3cc(C(F)(F)F)cc(C)n3)C[C@@H]2C1. The monoisotopic (exact) mass is 357 g/mol. The first-order chi connectivity index (χ1) is 11.6. The normalized spacial score (nSPS) is 27.2. The Balaban J connectivity index is 1.83. The molecule has 5 nitrogen and oxygen atoms in total. The van der Waals surface area contributed by atoms with Crippen LogP contribution in [0.15, 0.2) is 12.1 Å². The molecule has 25 heavy (non-hydrogen) atoms. The summed E-state index contributed by atoms with van der Waals surface area (Å²) in [5.74, 6) is 0.0251. The predicted octanol–water partition coefficient (Wildman–Crippen LogP) is 2.22. The number of nitrogens with zero attached hydrogens (tertiary/aromatic N) is 3. The second-order valence-electron chi connectivity index (χ2n) is 7.06. The molecule has 2 atom stereocenters. The Bertz CT molecular complexity index is 680. The third kappa shape index (κ3) is 3.58. The average Bonchev–Trinajstić information content (AvgIpc) is 2.52. The van der Waals surface area contributed by atoms with E-state index < -0.39 is 17.3 Å². The van der Waals surface area contributed by atoms with Crippen LogP contribution in [0.1, 0.15) is 31.0 Å². The van der Waals surface area contributed by atoms with Crippen molar-refractivity contribution in [3.05, 3.63) is 23.4 Å². The first-order valence-corrected chi connectivity index (χ1v) is 8.37. The van der Waals surface area contributed by atoms with Gasteiger partial charge in [-0.25, -0.2) is 4.98 Å². The molecule has 1 aromatic rings. The van der Waals surface area contributed by atoms with Crippen molar-refractivity contribution >= 4 is 11.7 Å². The summed E-state index contributed by atoms with van der Waals surface area (Å²) in [4.78, 5) is 19.3. The van der Waals surface area contributed by atoms with Gasteiger partial charge in [-0.1, -0.05) is 0 Å². The quantitative estimate of drug-likeness (QED) is 0.837. The fraction of sp³-hybridized carbons (Fsp3) is 0.647. The fourth-order valence-electron chi connectivity index (χ4n) is 3.77. The van der Waals surface area contributed by atoms with Gasteiger partial charge in [0.05, 0.1) is 11.2 Å². The van der Waals surface area contributed by atoms with Crippen LogP contribution in [0.5, 0.6) is 0 Å². The highest BCUT2D eigenvalue weighted by Crippen LogP contribution is 2.38. The number of amides is 1. The van der Waals surface area contributed by atoms with Crippen LogP contribution in [-0.4, -0.2) is 52.7 Å². The minimum atomic E-state index is -4.42. The van der Waals surface area contributed by atoms with E-state index in [-0.39, 0.29) is 17.6 Å². The second-order valence-corrected chi connectivity index (χ2v) is 7.06. The van der Waals surface area contributed by atoms with Crippen LogP contribution in [0.3, 0.4) is 0 Å². The van der Waals surface area contributed by atoms with Crippen LogP contribution < -0.4 is 4.90 Å². The van der Waals surface area contributed by atoms with Gasteiger partial charge in [-0.2, -0.15) is 13.2 Å². The molecule has 0 unspecified atom stereocenters. The van der Waals surface area contributed by atoms with Gasteiger partial charge in [-0.05, 0) is 31.9 Å². The highest BCUT2D eigenvalue weighted by molar-refractivity contribution is 5.73. The van der Waals surface area contributed by atoms with E-state index in [1.54, 1.807) is 9.80 Å². The summed E-state index contributed by atoms with van der Waals surface area (Å²) in [6, 6.07) is 2.09. The topological polar surface area (TPSA) is 56.7 Å². The Hall–Kier alpha value is -1.83. The maximum atomic E-state index is 13.1. The van der Waals surface area contributed by atoms with Crippen molar-refractivity contribution in [1.82, 2.24) is 9.88 Å². The highest BCUT2D eigenvalue weighted by atomic mass is 19.4. The van der Waals surface area contributed by atoms with Crippen LogP contribution in [-0.2, 0) is 11.0 Å². The Labute approximate surface area is 144 Å². The van der Waals surface area contributed by atoms with Crippen LogP contribution in [0, 0.1) is 12.8 Å². The predicted molar refractivity (Wildman–Crippen MR) is 86.1 cm³/mol. The molecule has 2 aliphatic rings. The minimum absolute atomic E-state index is 0.0489. The summed E-state index contributed by atoms with van der Waals surface area (Å²) < 4.78 is 39.2. The third-order valence-electron chi connectivity index (χ3n) is 5.31. The number of aromatic nitrogens is 1. The molecule has 0 aromatic carbocycles. The zero-order valence-electron chi connectivity index (χ0n) is 14.3. The number of likely N-dealkylation sites (tertiary alicyclic amines) is 1. The van der Waals surface area contributed by atoms with Gasteiger partial charge in [-0.3, -0.25) is 4.79 Å². The van der Waals surface area contributed by atoms with Crippen molar-refractivity contribution in [2.45, 2.75) is 38.5 Å². The Kier molecular flexibility index (Phi) is 4.43. The van der Waals surface area contributed by atoms with Gasteiger partial charge < -0.3 is 14.9 Å². The second kappa shape index (κ2) is 6.16. The molecule has 2 fully saturated rings. The zero-order chi connectivity index (χ0) is 18.4.